The molecule has 0 radical (unpaired) electrons. The van der Waals surface area contributed by atoms with Gasteiger partial charge in [-0.15, -0.1) is 11.6 Å². The minimum Gasteiger partial charge on any atom is -0.382 e. The van der Waals surface area contributed by atoms with Gasteiger partial charge in [0.25, 0.3) is 0 Å². The second-order valence-corrected chi connectivity index (χ2v) is 3.33. The maximum atomic E-state index is 11.0. The minimum absolute atomic E-state index is 0.121. The zero-order valence-electron chi connectivity index (χ0n) is 8.17. The number of methoxy groups -OCH3 is 2. The van der Waals surface area contributed by atoms with Gasteiger partial charge in [-0.25, -0.2) is 0 Å². The molecule has 0 heterocycles. The Morgan fingerprint density at radius 3 is 2.54 bits per heavy atom. The number of alkyl halides is 1. The highest BCUT2D eigenvalue weighted by Crippen LogP contribution is 1.94. The Morgan fingerprint density at radius 1 is 1.54 bits per heavy atom. The van der Waals surface area contributed by atoms with E-state index < -0.39 is 5.38 Å². The lowest BCUT2D eigenvalue weighted by Gasteiger charge is -2.15. The summed E-state index contributed by atoms with van der Waals surface area (Å²) in [7, 11) is 3.15. The van der Waals surface area contributed by atoms with Crippen molar-refractivity contribution < 1.29 is 14.3 Å². The van der Waals surface area contributed by atoms with Crippen LogP contribution >= 0.6 is 11.6 Å². The van der Waals surface area contributed by atoms with Crippen LogP contribution < -0.4 is 5.32 Å². The summed E-state index contributed by atoms with van der Waals surface area (Å²) in [5.74, 6) is -0.195. The highest BCUT2D eigenvalue weighted by atomic mass is 35.5. The molecule has 0 spiro atoms. The van der Waals surface area contributed by atoms with Crippen molar-refractivity contribution in [1.82, 2.24) is 5.32 Å². The van der Waals surface area contributed by atoms with Crippen LogP contribution in [0.2, 0.25) is 0 Å². The van der Waals surface area contributed by atoms with Crippen LogP contribution in [0, 0.1) is 0 Å². The maximum absolute atomic E-state index is 11.0. The molecule has 0 aromatic heterocycles. The molecule has 4 nitrogen and oxygen atoms in total. The van der Waals surface area contributed by atoms with Gasteiger partial charge >= 0.3 is 0 Å². The van der Waals surface area contributed by atoms with Crippen molar-refractivity contribution in [3.63, 3.8) is 0 Å². The van der Waals surface area contributed by atoms with Gasteiger partial charge in [-0.3, -0.25) is 4.79 Å². The molecule has 0 aromatic rings. The molecule has 0 aromatic carbocycles. The Morgan fingerprint density at radius 2 is 2.15 bits per heavy atom. The molecule has 2 atom stereocenters. The molecule has 0 rings (SSSR count). The number of rotatable bonds is 6. The average Bonchev–Trinajstić information content (AvgIpc) is 2.11. The van der Waals surface area contributed by atoms with Gasteiger partial charge in [0.1, 0.15) is 5.38 Å². The molecule has 2 unspecified atom stereocenters. The summed E-state index contributed by atoms with van der Waals surface area (Å²) in [5.41, 5.74) is 0. The highest BCUT2D eigenvalue weighted by molar-refractivity contribution is 6.30. The summed E-state index contributed by atoms with van der Waals surface area (Å²) in [6.45, 7) is 2.49. The minimum atomic E-state index is -0.514. The Labute approximate surface area is 83.5 Å². The fraction of sp³-hybridized carbons (Fsp3) is 0.875. The van der Waals surface area contributed by atoms with Gasteiger partial charge in [-0.1, -0.05) is 0 Å². The van der Waals surface area contributed by atoms with E-state index in [0.717, 1.165) is 0 Å². The summed E-state index contributed by atoms with van der Waals surface area (Å²) in [4.78, 5) is 11.0. The Kier molecular flexibility index (Phi) is 6.94. The van der Waals surface area contributed by atoms with E-state index in [1.54, 1.807) is 21.1 Å². The second-order valence-electron chi connectivity index (χ2n) is 2.67. The topological polar surface area (TPSA) is 47.6 Å². The number of amides is 1. The van der Waals surface area contributed by atoms with Crippen LogP contribution in [0.25, 0.3) is 0 Å². The molecule has 0 aliphatic rings. The number of nitrogens with one attached hydrogen (secondary N) is 1. The number of hydrogen-bond donors (Lipinski definition) is 1. The molecule has 0 fully saturated rings. The van der Waals surface area contributed by atoms with Crippen LogP contribution in [-0.4, -0.2) is 44.8 Å². The summed E-state index contributed by atoms with van der Waals surface area (Å²) in [5, 5.41) is 2.13. The largest absolute Gasteiger partial charge is 0.382 e. The number of ether oxygens (including phenoxy) is 2. The van der Waals surface area contributed by atoms with E-state index >= 15 is 0 Å². The zero-order chi connectivity index (χ0) is 10.3. The van der Waals surface area contributed by atoms with Gasteiger partial charge in [0.05, 0.1) is 12.7 Å². The van der Waals surface area contributed by atoms with E-state index in [1.807, 2.05) is 0 Å². The van der Waals surface area contributed by atoms with Crippen molar-refractivity contribution in [2.45, 2.75) is 18.4 Å². The third-order valence-corrected chi connectivity index (χ3v) is 1.75. The maximum Gasteiger partial charge on any atom is 0.237 e. The molecule has 0 aliphatic carbocycles. The standard InChI is InChI=1S/C8H16ClNO3/c1-6(9)8(11)10-4-7(13-3)5-12-2/h6-7H,4-5H2,1-3H3,(H,10,11). The van der Waals surface area contributed by atoms with E-state index in [-0.39, 0.29) is 12.0 Å². The average molecular weight is 210 g/mol. The molecule has 0 aliphatic heterocycles. The van der Waals surface area contributed by atoms with E-state index in [0.29, 0.717) is 13.2 Å². The normalized spacial score (nSPS) is 15.1. The van der Waals surface area contributed by atoms with Crippen LogP contribution in [-0.2, 0) is 14.3 Å². The van der Waals surface area contributed by atoms with E-state index in [1.165, 1.54) is 0 Å². The molecule has 13 heavy (non-hydrogen) atoms. The molecule has 5 heteroatoms. The lowest BCUT2D eigenvalue weighted by Crippen LogP contribution is -2.38. The summed E-state index contributed by atoms with van der Waals surface area (Å²) in [6, 6.07) is 0. The SMILES string of the molecule is COCC(CNC(=O)C(C)Cl)OC. The van der Waals surface area contributed by atoms with Crippen molar-refractivity contribution >= 4 is 17.5 Å². The van der Waals surface area contributed by atoms with Crippen LogP contribution in [0.3, 0.4) is 0 Å². The second kappa shape index (κ2) is 7.12. The third-order valence-electron chi connectivity index (χ3n) is 1.55. The molecule has 0 saturated carbocycles. The number of carbonyl (C=O) groups is 1. The van der Waals surface area contributed by atoms with Crippen molar-refractivity contribution in [2.24, 2.45) is 0 Å². The zero-order valence-corrected chi connectivity index (χ0v) is 8.93. The molecular formula is C8H16ClNO3. The third kappa shape index (κ3) is 5.85. The molecule has 0 bridgehead atoms. The van der Waals surface area contributed by atoms with Gasteiger partial charge in [0.2, 0.25) is 5.91 Å². The van der Waals surface area contributed by atoms with Crippen LogP contribution in [0.15, 0.2) is 0 Å². The molecule has 1 N–H and O–H groups in total. The highest BCUT2D eigenvalue weighted by Gasteiger charge is 2.12. The van der Waals surface area contributed by atoms with Gasteiger partial charge in [-0.05, 0) is 6.92 Å². The molecule has 1 amide bonds. The first-order valence-corrected chi connectivity index (χ1v) is 4.49. The summed E-state index contributed by atoms with van der Waals surface area (Å²) >= 11 is 5.55. The number of carbonyl (C=O) groups excluding carboxylic acids is 1. The molecule has 0 saturated heterocycles. The predicted octanol–water partition coefficient (Wildman–Crippen LogP) is 0.391. The summed E-state index contributed by atoms with van der Waals surface area (Å²) in [6.07, 6.45) is -0.121. The van der Waals surface area contributed by atoms with Crippen molar-refractivity contribution in [3.8, 4) is 0 Å². The first kappa shape index (κ1) is 12.7. The Bertz CT molecular complexity index is 152. The quantitative estimate of drug-likeness (QED) is 0.644. The van der Waals surface area contributed by atoms with Crippen molar-refractivity contribution in [1.29, 1.82) is 0 Å². The van der Waals surface area contributed by atoms with E-state index in [2.05, 4.69) is 5.32 Å². The van der Waals surface area contributed by atoms with Crippen LogP contribution in [0.5, 0.6) is 0 Å². The van der Waals surface area contributed by atoms with Gasteiger partial charge in [0.15, 0.2) is 0 Å². The number of hydrogen-bond acceptors (Lipinski definition) is 3. The smallest absolute Gasteiger partial charge is 0.237 e. The van der Waals surface area contributed by atoms with E-state index in [9.17, 15) is 4.79 Å². The fourth-order valence-electron chi connectivity index (χ4n) is 0.751. The summed E-state index contributed by atoms with van der Waals surface area (Å²) < 4.78 is 9.92. The lowest BCUT2D eigenvalue weighted by atomic mass is 10.3. The molecule has 78 valence electrons. The van der Waals surface area contributed by atoms with Gasteiger partial charge < -0.3 is 14.8 Å². The first-order chi connectivity index (χ1) is 6.11. The Hall–Kier alpha value is -0.320. The first-order valence-electron chi connectivity index (χ1n) is 4.05. The monoisotopic (exact) mass is 209 g/mol. The van der Waals surface area contributed by atoms with Crippen molar-refractivity contribution in [2.75, 3.05) is 27.4 Å². The lowest BCUT2D eigenvalue weighted by molar-refractivity contribution is -0.121. The van der Waals surface area contributed by atoms with Gasteiger partial charge in [-0.2, -0.15) is 0 Å². The predicted molar refractivity (Wildman–Crippen MR) is 51.0 cm³/mol. The van der Waals surface area contributed by atoms with Crippen molar-refractivity contribution in [3.05, 3.63) is 0 Å². The van der Waals surface area contributed by atoms with Gasteiger partial charge in [0, 0.05) is 20.8 Å². The number of halogens is 1. The fourth-order valence-corrected chi connectivity index (χ4v) is 0.828. The van der Waals surface area contributed by atoms with E-state index in [4.69, 9.17) is 21.1 Å². The van der Waals surface area contributed by atoms with Crippen LogP contribution in [0.4, 0.5) is 0 Å². The van der Waals surface area contributed by atoms with Crippen LogP contribution in [0.1, 0.15) is 6.92 Å². The Balaban J connectivity index is 3.65. The molecular weight excluding hydrogens is 194 g/mol.